The first-order valence-electron chi connectivity index (χ1n) is 22.9. The van der Waals surface area contributed by atoms with Crippen LogP contribution in [0.1, 0.15) is 79.0 Å². The van der Waals surface area contributed by atoms with E-state index in [1.807, 2.05) is 0 Å². The van der Waals surface area contributed by atoms with Crippen molar-refractivity contribution in [3.05, 3.63) is 227 Å². The van der Waals surface area contributed by atoms with E-state index in [2.05, 4.69) is 209 Å². The van der Waals surface area contributed by atoms with Gasteiger partial charge in [0.25, 0.3) is 0 Å². The lowest BCUT2D eigenvalue weighted by Crippen LogP contribution is -2.32. The number of para-hydroxylation sites is 1. The third kappa shape index (κ3) is 5.87. The Morgan fingerprint density at radius 1 is 0.406 bits per heavy atom. The lowest BCUT2D eigenvalue weighted by atomic mass is 9.65. The predicted molar refractivity (Wildman–Crippen MR) is 262 cm³/mol. The maximum absolute atomic E-state index is 6.84. The molecule has 0 saturated carbocycles. The average molecular weight is 825 g/mol. The van der Waals surface area contributed by atoms with E-state index >= 15 is 0 Å². The van der Waals surface area contributed by atoms with Gasteiger partial charge in [-0.1, -0.05) is 185 Å². The van der Waals surface area contributed by atoms with Gasteiger partial charge < -0.3 is 4.74 Å². The van der Waals surface area contributed by atoms with E-state index in [0.717, 1.165) is 62.7 Å². The molecule has 3 heteroatoms. The molecule has 0 saturated heterocycles. The summed E-state index contributed by atoms with van der Waals surface area (Å²) in [6.07, 6.45) is 4.69. The van der Waals surface area contributed by atoms with Crippen LogP contribution < -0.4 is 4.74 Å². The third-order valence-electron chi connectivity index (χ3n) is 14.2. The fraction of sp³-hybridized carbons (Fsp3) is 0.148. The Morgan fingerprint density at radius 3 is 1.83 bits per heavy atom. The zero-order valence-electron chi connectivity index (χ0n) is 36.5. The number of benzene rings is 8. The van der Waals surface area contributed by atoms with Crippen molar-refractivity contribution < 1.29 is 4.74 Å². The van der Waals surface area contributed by atoms with E-state index in [9.17, 15) is 0 Å². The quantitative estimate of drug-likeness (QED) is 0.143. The summed E-state index contributed by atoms with van der Waals surface area (Å²) >= 11 is 0. The van der Waals surface area contributed by atoms with Crippen molar-refractivity contribution in [2.24, 2.45) is 0 Å². The summed E-state index contributed by atoms with van der Waals surface area (Å²) in [6, 6.07) is 68.7. The second kappa shape index (κ2) is 14.9. The van der Waals surface area contributed by atoms with Crippen LogP contribution in [0.15, 0.2) is 188 Å². The van der Waals surface area contributed by atoms with E-state index in [1.54, 1.807) is 0 Å². The number of nitrogens with zero attached hydrogens (tertiary/aromatic N) is 2. The van der Waals surface area contributed by atoms with Gasteiger partial charge in [0.05, 0.1) is 16.8 Å². The number of aromatic nitrogens is 2. The summed E-state index contributed by atoms with van der Waals surface area (Å²) < 4.78 is 6.84. The minimum absolute atomic E-state index is 0.117. The van der Waals surface area contributed by atoms with Crippen LogP contribution >= 0.6 is 0 Å². The second-order valence-electron chi connectivity index (χ2n) is 18.3. The minimum Gasteiger partial charge on any atom is -0.457 e. The SMILES string of the molecule is CCCCCc1ccc2c(c1)C1(c3ccccc3Oc3ccc(-c4cccc(-c5nc(-c6ccccc6)cc(-c6ccc7c(c6)C(C)(C)c6ccccc6-7)n5)c4)cc31)c1ccccc1-2. The van der Waals surface area contributed by atoms with Gasteiger partial charge in [0.15, 0.2) is 5.82 Å². The van der Waals surface area contributed by atoms with Gasteiger partial charge in [-0.05, 0) is 110 Å². The summed E-state index contributed by atoms with van der Waals surface area (Å²) in [5.41, 5.74) is 20.7. The van der Waals surface area contributed by atoms with Crippen LogP contribution in [0.4, 0.5) is 0 Å². The van der Waals surface area contributed by atoms with Crippen LogP contribution in [0, 0.1) is 0 Å². The predicted octanol–water partition coefficient (Wildman–Crippen LogP) is 15.7. The molecule has 1 aromatic heterocycles. The zero-order chi connectivity index (χ0) is 43.0. The van der Waals surface area contributed by atoms with E-state index in [4.69, 9.17) is 14.7 Å². The lowest BCUT2D eigenvalue weighted by Gasteiger charge is -2.39. The fourth-order valence-electron chi connectivity index (χ4n) is 11.0. The normalized spacial score (nSPS) is 15.7. The highest BCUT2D eigenvalue weighted by Crippen LogP contribution is 2.62. The molecule has 0 bridgehead atoms. The number of hydrogen-bond donors (Lipinski definition) is 0. The van der Waals surface area contributed by atoms with Gasteiger partial charge in [0.1, 0.15) is 11.5 Å². The van der Waals surface area contributed by atoms with Crippen LogP contribution in [0.5, 0.6) is 11.5 Å². The van der Waals surface area contributed by atoms with E-state index in [-0.39, 0.29) is 5.41 Å². The molecule has 1 atom stereocenters. The first-order valence-corrected chi connectivity index (χ1v) is 22.9. The highest BCUT2D eigenvalue weighted by atomic mass is 16.5. The summed E-state index contributed by atoms with van der Waals surface area (Å²) in [4.78, 5) is 10.6. The van der Waals surface area contributed by atoms with Crippen molar-refractivity contribution in [1.82, 2.24) is 9.97 Å². The highest BCUT2D eigenvalue weighted by Gasteiger charge is 2.51. The largest absolute Gasteiger partial charge is 0.457 e. The van der Waals surface area contributed by atoms with Crippen molar-refractivity contribution in [3.63, 3.8) is 0 Å². The molecule has 1 unspecified atom stereocenters. The molecule has 3 nitrogen and oxygen atoms in total. The van der Waals surface area contributed by atoms with Crippen LogP contribution in [-0.4, -0.2) is 9.97 Å². The molecule has 1 spiro atoms. The molecule has 0 fully saturated rings. The molecule has 0 N–H and O–H groups in total. The van der Waals surface area contributed by atoms with Crippen LogP contribution in [0.3, 0.4) is 0 Å². The van der Waals surface area contributed by atoms with Crippen LogP contribution in [0.25, 0.3) is 67.3 Å². The monoisotopic (exact) mass is 824 g/mol. The Balaban J connectivity index is 1.00. The Morgan fingerprint density at radius 2 is 1.00 bits per heavy atom. The molecule has 0 radical (unpaired) electrons. The maximum atomic E-state index is 6.84. The highest BCUT2D eigenvalue weighted by molar-refractivity contribution is 5.90. The smallest absolute Gasteiger partial charge is 0.160 e. The molecule has 0 amide bonds. The zero-order valence-corrected chi connectivity index (χ0v) is 36.5. The molecular formula is C61H48N2O. The number of rotatable bonds is 8. The Bertz CT molecular complexity index is 3310. The molecule has 8 aromatic carbocycles. The first-order chi connectivity index (χ1) is 31.4. The standard InChI is InChI=1S/C61H48N2O/c1-4-5-7-17-39-28-31-48-46-23-11-13-25-50(46)61(53(48)34-39)51-26-14-15-27-57(51)64-58-33-30-42(36-54(58)61)41-20-16-21-44(35-41)59-62-55(40-18-8-6-9-19-40)38-56(63-59)43-29-32-47-45-22-10-12-24-49(45)60(2,3)52(47)37-43/h6,8-16,18-38H,4-5,7,17H2,1-3H3. The van der Waals surface area contributed by atoms with Crippen LogP contribution in [0.2, 0.25) is 0 Å². The Labute approximate surface area is 376 Å². The van der Waals surface area contributed by atoms with Crippen molar-refractivity contribution >= 4 is 0 Å². The molecule has 9 aromatic rings. The molecule has 2 heterocycles. The molecule has 12 rings (SSSR count). The molecule has 3 aliphatic rings. The van der Waals surface area contributed by atoms with Gasteiger partial charge in [0.2, 0.25) is 0 Å². The summed E-state index contributed by atoms with van der Waals surface area (Å²) in [7, 11) is 0. The van der Waals surface area contributed by atoms with Gasteiger partial charge in [-0.15, -0.1) is 0 Å². The number of hydrogen-bond acceptors (Lipinski definition) is 3. The van der Waals surface area contributed by atoms with Crippen molar-refractivity contribution in [2.75, 3.05) is 0 Å². The minimum atomic E-state index is -0.543. The molecule has 64 heavy (non-hydrogen) atoms. The molecule has 1 aliphatic heterocycles. The van der Waals surface area contributed by atoms with Crippen molar-refractivity contribution in [3.8, 4) is 78.8 Å². The van der Waals surface area contributed by atoms with E-state index < -0.39 is 5.41 Å². The van der Waals surface area contributed by atoms with Gasteiger partial charge in [-0.3, -0.25) is 0 Å². The summed E-state index contributed by atoms with van der Waals surface area (Å²) in [5, 5.41) is 0. The third-order valence-corrected chi connectivity index (χ3v) is 14.2. The molecule has 308 valence electrons. The number of fused-ring (bicyclic) bond motifs is 12. The summed E-state index contributed by atoms with van der Waals surface area (Å²) in [5.74, 6) is 2.50. The van der Waals surface area contributed by atoms with Gasteiger partial charge >= 0.3 is 0 Å². The first kappa shape index (κ1) is 38.3. The van der Waals surface area contributed by atoms with E-state index in [0.29, 0.717) is 5.82 Å². The van der Waals surface area contributed by atoms with Gasteiger partial charge in [-0.25, -0.2) is 9.97 Å². The van der Waals surface area contributed by atoms with Gasteiger partial charge in [0, 0.05) is 33.2 Å². The fourth-order valence-corrected chi connectivity index (χ4v) is 11.0. The van der Waals surface area contributed by atoms with Crippen LogP contribution in [-0.2, 0) is 17.3 Å². The van der Waals surface area contributed by atoms with Crippen molar-refractivity contribution in [2.45, 2.75) is 57.3 Å². The second-order valence-corrected chi connectivity index (χ2v) is 18.3. The number of aryl methyl sites for hydroxylation is 1. The maximum Gasteiger partial charge on any atom is 0.160 e. The topological polar surface area (TPSA) is 35.0 Å². The lowest BCUT2D eigenvalue weighted by molar-refractivity contribution is 0.436. The Hall–Kier alpha value is -7.36. The molecular weight excluding hydrogens is 777 g/mol. The number of unbranched alkanes of at least 4 members (excludes halogenated alkanes) is 2. The van der Waals surface area contributed by atoms with Gasteiger partial charge in [-0.2, -0.15) is 0 Å². The number of ether oxygens (including phenoxy) is 1. The average Bonchev–Trinajstić information content (AvgIpc) is 3.76. The van der Waals surface area contributed by atoms with E-state index in [1.165, 1.54) is 74.9 Å². The molecule has 2 aliphatic carbocycles. The van der Waals surface area contributed by atoms with Crippen molar-refractivity contribution in [1.29, 1.82) is 0 Å². The Kier molecular flexibility index (Phi) is 8.91. The summed E-state index contributed by atoms with van der Waals surface area (Å²) in [6.45, 7) is 6.94.